The third-order valence-corrected chi connectivity index (χ3v) is 7.51. The Bertz CT molecular complexity index is 2050. The number of nitrogens with zero attached hydrogens (tertiary/aromatic N) is 4. The number of carboxylic acids is 1. The molecule has 0 aliphatic heterocycles. The van der Waals surface area contributed by atoms with Gasteiger partial charge < -0.3 is 40.3 Å². The van der Waals surface area contributed by atoms with E-state index in [4.69, 9.17) is 25.4 Å². The molecule has 51 heavy (non-hydrogen) atoms. The number of pyridine rings is 1. The Balaban J connectivity index is 1.51. The smallest absolute Gasteiger partial charge is 0.326 e. The van der Waals surface area contributed by atoms with E-state index < -0.39 is 41.1 Å². The van der Waals surface area contributed by atoms with Gasteiger partial charge in [-0.15, -0.1) is 0 Å². The van der Waals surface area contributed by atoms with Crippen LogP contribution < -0.4 is 30.6 Å². The molecule has 0 aliphatic carbocycles. The van der Waals surface area contributed by atoms with Crippen LogP contribution in [0.2, 0.25) is 0 Å². The average Bonchev–Trinajstić information content (AvgIpc) is 3.56. The van der Waals surface area contributed by atoms with E-state index in [9.17, 15) is 15.2 Å². The molecule has 13 nitrogen and oxygen atoms in total. The molecule has 262 valence electrons. The number of nitriles is 1. The van der Waals surface area contributed by atoms with E-state index in [0.717, 1.165) is 5.56 Å². The van der Waals surface area contributed by atoms with E-state index >= 15 is 8.78 Å². The lowest BCUT2D eigenvalue weighted by atomic mass is 10.1. The predicted molar refractivity (Wildman–Crippen MR) is 184 cm³/mol. The summed E-state index contributed by atoms with van der Waals surface area (Å²) in [6.45, 7) is 0.418. The number of aliphatic carboxylic acids is 1. The van der Waals surface area contributed by atoms with Gasteiger partial charge in [0.15, 0.2) is 17.5 Å². The third-order valence-electron chi connectivity index (χ3n) is 7.51. The number of aromatic nitrogens is 3. The maximum atomic E-state index is 16.2. The van der Waals surface area contributed by atoms with E-state index in [1.165, 1.54) is 24.3 Å². The second kappa shape index (κ2) is 16.6. The quantitative estimate of drug-likeness (QED) is 0.0441. The summed E-state index contributed by atoms with van der Waals surface area (Å²) in [6.07, 6.45) is 4.08. The van der Waals surface area contributed by atoms with Crippen LogP contribution in [-0.4, -0.2) is 44.2 Å². The monoisotopic (exact) mass is 696 g/mol. The number of hydrogen-bond acceptors (Lipinski definition) is 9. The molecular weight excluding hydrogens is 662 g/mol. The molecule has 5 aromatic rings. The molecule has 6 N–H and O–H groups in total. The van der Waals surface area contributed by atoms with Gasteiger partial charge in [-0.05, 0) is 49.1 Å². The van der Waals surface area contributed by atoms with Crippen molar-refractivity contribution in [1.29, 1.82) is 10.7 Å². The molecule has 2 heterocycles. The van der Waals surface area contributed by atoms with Gasteiger partial charge in [0.25, 0.3) is 11.8 Å². The van der Waals surface area contributed by atoms with Gasteiger partial charge in [0.2, 0.25) is 11.6 Å². The van der Waals surface area contributed by atoms with Crippen LogP contribution in [-0.2, 0) is 18.4 Å². The van der Waals surface area contributed by atoms with Crippen molar-refractivity contribution in [2.24, 2.45) is 12.8 Å². The number of guanidine groups is 1. The summed E-state index contributed by atoms with van der Waals surface area (Å²) in [7, 11) is 1.80. The Morgan fingerprint density at radius 2 is 1.80 bits per heavy atom. The summed E-state index contributed by atoms with van der Waals surface area (Å²) in [4.78, 5) is 20.6. The van der Waals surface area contributed by atoms with E-state index in [2.05, 4.69) is 20.6 Å². The van der Waals surface area contributed by atoms with Gasteiger partial charge in [0, 0.05) is 37.6 Å². The number of nitrogens with one attached hydrogen (secondary N) is 3. The van der Waals surface area contributed by atoms with Crippen LogP contribution >= 0.6 is 0 Å². The molecular formula is C36H34F2N8O5. The number of benzene rings is 3. The number of carbonyl (C=O) groups is 1. The number of aryl methyl sites for hydroxylation is 1. The molecule has 0 radical (unpaired) electrons. The van der Waals surface area contributed by atoms with Crippen molar-refractivity contribution in [1.82, 2.24) is 19.9 Å². The van der Waals surface area contributed by atoms with Crippen molar-refractivity contribution < 1.29 is 32.9 Å². The first-order valence-corrected chi connectivity index (χ1v) is 15.7. The van der Waals surface area contributed by atoms with Crippen molar-refractivity contribution in [3.05, 3.63) is 108 Å². The summed E-state index contributed by atoms with van der Waals surface area (Å²) in [6, 6.07) is 20.6. The van der Waals surface area contributed by atoms with Crippen LogP contribution in [0.1, 0.15) is 30.4 Å². The molecule has 0 saturated carbocycles. The Morgan fingerprint density at radius 3 is 2.49 bits per heavy atom. The Kier molecular flexibility index (Phi) is 11.6. The van der Waals surface area contributed by atoms with Crippen molar-refractivity contribution in [2.45, 2.75) is 31.9 Å². The number of ether oxygens (including phenoxy) is 3. The minimum absolute atomic E-state index is 0.0318. The summed E-state index contributed by atoms with van der Waals surface area (Å²) < 4.78 is 51.8. The molecule has 0 aliphatic rings. The highest BCUT2D eigenvalue weighted by atomic mass is 19.1. The summed E-state index contributed by atoms with van der Waals surface area (Å²) in [5.74, 6) is -5.00. The maximum Gasteiger partial charge on any atom is 0.326 e. The number of anilines is 1. The fraction of sp³-hybridized carbons (Fsp3) is 0.194. The van der Waals surface area contributed by atoms with E-state index in [1.807, 2.05) is 36.4 Å². The highest BCUT2D eigenvalue weighted by Crippen LogP contribution is 2.40. The summed E-state index contributed by atoms with van der Waals surface area (Å²) >= 11 is 0. The number of imidazole rings is 1. The molecule has 1 unspecified atom stereocenters. The van der Waals surface area contributed by atoms with Crippen LogP contribution in [0.25, 0.3) is 11.4 Å². The largest absolute Gasteiger partial charge is 0.485 e. The van der Waals surface area contributed by atoms with Crippen LogP contribution in [0.15, 0.2) is 85.2 Å². The topological polar surface area (TPSA) is 193 Å². The zero-order valence-electron chi connectivity index (χ0n) is 27.4. The van der Waals surface area contributed by atoms with E-state index in [-0.39, 0.29) is 41.8 Å². The average molecular weight is 697 g/mol. The maximum absolute atomic E-state index is 16.2. The SMILES string of the molecule is Cn1ccnc1-c1cccc(Oc2nc(Oc3cc(C#N)ccc3OCc3ccccc3)c(F)c(NC(CCCCNC(=N)N)C(=O)O)c2F)c1. The molecule has 2 aromatic heterocycles. The lowest BCUT2D eigenvalue weighted by Gasteiger charge is -2.20. The van der Waals surface area contributed by atoms with Crippen molar-refractivity contribution >= 4 is 17.6 Å². The lowest BCUT2D eigenvalue weighted by molar-refractivity contribution is -0.138. The first-order valence-electron chi connectivity index (χ1n) is 15.7. The molecule has 3 aromatic carbocycles. The van der Waals surface area contributed by atoms with Crippen LogP contribution in [0.5, 0.6) is 29.0 Å². The highest BCUT2D eigenvalue weighted by Gasteiger charge is 2.28. The van der Waals surface area contributed by atoms with Crippen LogP contribution in [0.4, 0.5) is 14.5 Å². The van der Waals surface area contributed by atoms with E-state index in [0.29, 0.717) is 30.8 Å². The molecule has 0 saturated heterocycles. The molecule has 5 rings (SSSR count). The summed E-state index contributed by atoms with van der Waals surface area (Å²) in [5, 5.41) is 31.8. The van der Waals surface area contributed by atoms with Gasteiger partial charge in [-0.2, -0.15) is 19.0 Å². The molecule has 1 atom stereocenters. The second-order valence-corrected chi connectivity index (χ2v) is 11.2. The van der Waals surface area contributed by atoms with Crippen molar-refractivity contribution in [3.63, 3.8) is 0 Å². The lowest BCUT2D eigenvalue weighted by Crippen LogP contribution is -2.32. The zero-order valence-corrected chi connectivity index (χ0v) is 27.4. The zero-order chi connectivity index (χ0) is 36.3. The van der Waals surface area contributed by atoms with E-state index in [1.54, 1.807) is 42.2 Å². The van der Waals surface area contributed by atoms with Gasteiger partial charge in [-0.25, -0.2) is 9.78 Å². The van der Waals surface area contributed by atoms with Gasteiger partial charge >= 0.3 is 5.97 Å². The Hall–Kier alpha value is -6.69. The summed E-state index contributed by atoms with van der Waals surface area (Å²) in [5.41, 5.74) is 6.05. The number of hydrogen-bond donors (Lipinski definition) is 5. The van der Waals surface area contributed by atoms with Crippen molar-refractivity contribution in [2.75, 3.05) is 11.9 Å². The predicted octanol–water partition coefficient (Wildman–Crippen LogP) is 6.31. The van der Waals surface area contributed by atoms with Crippen molar-refractivity contribution in [3.8, 4) is 46.5 Å². The second-order valence-electron chi connectivity index (χ2n) is 11.2. The van der Waals surface area contributed by atoms with Gasteiger partial charge in [0.1, 0.15) is 29.9 Å². The number of carboxylic acid groups (broad SMARTS) is 1. The van der Waals surface area contributed by atoms with Gasteiger partial charge in [-0.1, -0.05) is 42.5 Å². The molecule has 0 bridgehead atoms. The first-order chi connectivity index (χ1) is 24.6. The molecule has 0 amide bonds. The Labute approximate surface area is 291 Å². The number of rotatable bonds is 16. The molecule has 15 heteroatoms. The number of unbranched alkanes of at least 4 members (excludes halogenated alkanes) is 1. The van der Waals surface area contributed by atoms with Gasteiger partial charge in [0.05, 0.1) is 11.6 Å². The first kappa shape index (κ1) is 35.6. The third kappa shape index (κ3) is 9.27. The Morgan fingerprint density at radius 1 is 1.04 bits per heavy atom. The van der Waals surface area contributed by atoms with Crippen LogP contribution in [0, 0.1) is 28.4 Å². The van der Waals surface area contributed by atoms with Crippen LogP contribution in [0.3, 0.4) is 0 Å². The minimum atomic E-state index is -1.44. The highest BCUT2D eigenvalue weighted by molar-refractivity contribution is 5.78. The normalized spacial score (nSPS) is 11.3. The molecule has 0 fully saturated rings. The standard InChI is InChI=1S/C36H34F2N8O5/c1-46-17-16-42-32(46)24-10-7-11-25(19-24)50-33-29(37)31(44-26(35(47)48)12-5-6-15-43-36(40)41)30(38)34(45-33)51-28-18-23(20-39)13-14-27(28)49-21-22-8-3-2-4-9-22/h2-4,7-11,13-14,16-19,26H,5-6,12,15,21H2,1H3,(H,44,45)(H,47,48)(H4,40,41,43). The fourth-order valence-electron chi connectivity index (χ4n) is 4.96. The molecule has 0 spiro atoms. The fourth-order valence-corrected chi connectivity index (χ4v) is 4.96. The number of halogens is 2. The minimum Gasteiger partial charge on any atom is -0.485 e. The van der Waals surface area contributed by atoms with Gasteiger partial charge in [-0.3, -0.25) is 5.41 Å². The number of nitrogens with two attached hydrogens (primary N) is 1.